The fourth-order valence-electron chi connectivity index (χ4n) is 3.82. The normalized spacial score (nSPS) is 17.8. The van der Waals surface area contributed by atoms with E-state index in [1.807, 2.05) is 12.1 Å². The Bertz CT molecular complexity index is 561. The van der Waals surface area contributed by atoms with Crippen molar-refractivity contribution in [3.63, 3.8) is 0 Å². The molecular formula is C23H36BrNO2. The van der Waals surface area contributed by atoms with Gasteiger partial charge in [0, 0.05) is 10.5 Å². The van der Waals surface area contributed by atoms with Crippen molar-refractivity contribution >= 4 is 21.8 Å². The van der Waals surface area contributed by atoms with Crippen LogP contribution in [-0.4, -0.2) is 18.6 Å². The van der Waals surface area contributed by atoms with Crippen LogP contribution in [0, 0.1) is 0 Å². The first-order valence-electron chi connectivity index (χ1n) is 10.8. The molecular weight excluding hydrogens is 402 g/mol. The van der Waals surface area contributed by atoms with Crippen LogP contribution in [-0.2, 0) is 4.79 Å². The molecule has 1 N–H and O–H groups in total. The molecule has 1 aromatic carbocycles. The van der Waals surface area contributed by atoms with Gasteiger partial charge in [0.05, 0.1) is 0 Å². The number of hydrogen-bond acceptors (Lipinski definition) is 2. The first kappa shape index (κ1) is 22.3. The number of rotatable bonds is 5. The Morgan fingerprint density at radius 1 is 1.04 bits per heavy atom. The van der Waals surface area contributed by atoms with E-state index in [9.17, 15) is 4.79 Å². The molecule has 0 unspecified atom stereocenters. The van der Waals surface area contributed by atoms with Crippen LogP contribution in [0.4, 0.5) is 0 Å². The highest BCUT2D eigenvalue weighted by atomic mass is 79.9. The number of ether oxygens (including phenoxy) is 1. The highest BCUT2D eigenvalue weighted by molar-refractivity contribution is 9.10. The second-order valence-electron chi connectivity index (χ2n) is 8.15. The molecule has 0 bridgehead atoms. The molecule has 0 aliphatic heterocycles. The largest absolute Gasteiger partial charge is 0.483 e. The van der Waals surface area contributed by atoms with Gasteiger partial charge in [0.15, 0.2) is 6.61 Å². The molecule has 0 radical (unpaired) electrons. The zero-order chi connectivity index (χ0) is 19.5. The van der Waals surface area contributed by atoms with Gasteiger partial charge < -0.3 is 10.1 Å². The van der Waals surface area contributed by atoms with Crippen molar-refractivity contribution in [3.05, 3.63) is 28.2 Å². The zero-order valence-corrected chi connectivity index (χ0v) is 18.7. The van der Waals surface area contributed by atoms with Gasteiger partial charge in [-0.05, 0) is 42.5 Å². The molecule has 152 valence electrons. The van der Waals surface area contributed by atoms with Gasteiger partial charge >= 0.3 is 0 Å². The summed E-state index contributed by atoms with van der Waals surface area (Å²) in [5.74, 6) is 1.17. The van der Waals surface area contributed by atoms with Gasteiger partial charge in [-0.25, -0.2) is 0 Å². The summed E-state index contributed by atoms with van der Waals surface area (Å²) in [6, 6.07) is 6.29. The van der Waals surface area contributed by atoms with E-state index >= 15 is 0 Å². The number of carbonyl (C=O) groups excluding carboxylic acids is 1. The van der Waals surface area contributed by atoms with Gasteiger partial charge in [-0.15, -0.1) is 0 Å². The molecule has 4 heteroatoms. The van der Waals surface area contributed by atoms with Crippen LogP contribution in [0.3, 0.4) is 0 Å². The molecule has 1 amide bonds. The Balaban J connectivity index is 1.84. The van der Waals surface area contributed by atoms with E-state index in [-0.39, 0.29) is 12.5 Å². The smallest absolute Gasteiger partial charge is 0.258 e. The van der Waals surface area contributed by atoms with Crippen LogP contribution in [0.2, 0.25) is 0 Å². The third kappa shape index (κ3) is 8.68. The lowest BCUT2D eigenvalue weighted by molar-refractivity contribution is -0.123. The standard InChI is InChI=1S/C23H36BrNO2/c1-18(2)21-16-19(24)14-15-22(21)27-17-23(26)25-20-12-10-8-6-4-3-5-7-9-11-13-20/h14-16,18,20H,3-13,17H2,1-2H3,(H,25,26). The van der Waals surface area contributed by atoms with Gasteiger partial charge in [-0.2, -0.15) is 0 Å². The lowest BCUT2D eigenvalue weighted by Crippen LogP contribution is -2.38. The molecule has 1 saturated carbocycles. The van der Waals surface area contributed by atoms with Crippen LogP contribution >= 0.6 is 15.9 Å². The quantitative estimate of drug-likeness (QED) is 0.553. The Hall–Kier alpha value is -1.03. The fourth-order valence-corrected chi connectivity index (χ4v) is 4.20. The maximum atomic E-state index is 12.5. The average molecular weight is 438 g/mol. The lowest BCUT2D eigenvalue weighted by atomic mass is 9.98. The molecule has 2 rings (SSSR count). The summed E-state index contributed by atoms with van der Waals surface area (Å²) in [5.41, 5.74) is 1.13. The summed E-state index contributed by atoms with van der Waals surface area (Å²) in [5, 5.41) is 3.23. The van der Waals surface area contributed by atoms with Crippen molar-refractivity contribution in [1.82, 2.24) is 5.32 Å². The minimum Gasteiger partial charge on any atom is -0.483 e. The fraction of sp³-hybridized carbons (Fsp3) is 0.696. The highest BCUT2D eigenvalue weighted by Gasteiger charge is 2.15. The number of amides is 1. The Labute approximate surface area is 173 Å². The van der Waals surface area contributed by atoms with E-state index in [0.717, 1.165) is 28.6 Å². The minimum atomic E-state index is 0.00437. The number of benzene rings is 1. The number of nitrogens with one attached hydrogen (secondary N) is 1. The van der Waals surface area contributed by atoms with Gasteiger partial charge in [0.25, 0.3) is 5.91 Å². The molecule has 27 heavy (non-hydrogen) atoms. The van der Waals surface area contributed by atoms with Crippen molar-refractivity contribution in [2.24, 2.45) is 0 Å². The summed E-state index contributed by atoms with van der Waals surface area (Å²) in [6.45, 7) is 4.37. The Morgan fingerprint density at radius 2 is 1.59 bits per heavy atom. The lowest BCUT2D eigenvalue weighted by Gasteiger charge is -2.20. The second-order valence-corrected chi connectivity index (χ2v) is 9.06. The molecule has 3 nitrogen and oxygen atoms in total. The van der Waals surface area contributed by atoms with Gasteiger partial charge in [0.2, 0.25) is 0 Å². The predicted octanol–water partition coefficient (Wildman–Crippen LogP) is 6.74. The van der Waals surface area contributed by atoms with Crippen LogP contribution in [0.1, 0.15) is 96.0 Å². The number of hydrogen-bond donors (Lipinski definition) is 1. The monoisotopic (exact) mass is 437 g/mol. The topological polar surface area (TPSA) is 38.3 Å². The third-order valence-electron chi connectivity index (χ3n) is 5.42. The third-order valence-corrected chi connectivity index (χ3v) is 5.92. The molecule has 0 saturated heterocycles. The minimum absolute atomic E-state index is 0.00437. The molecule has 0 spiro atoms. The van der Waals surface area contributed by atoms with E-state index in [2.05, 4.69) is 41.2 Å². The molecule has 1 aliphatic carbocycles. The van der Waals surface area contributed by atoms with Crippen molar-refractivity contribution in [1.29, 1.82) is 0 Å². The summed E-state index contributed by atoms with van der Waals surface area (Å²) in [4.78, 5) is 12.5. The predicted molar refractivity (Wildman–Crippen MR) is 116 cm³/mol. The van der Waals surface area contributed by atoms with E-state index < -0.39 is 0 Å². The Morgan fingerprint density at radius 3 is 2.15 bits per heavy atom. The van der Waals surface area contributed by atoms with Crippen LogP contribution in [0.25, 0.3) is 0 Å². The van der Waals surface area contributed by atoms with Crippen LogP contribution < -0.4 is 10.1 Å². The van der Waals surface area contributed by atoms with Crippen LogP contribution in [0.15, 0.2) is 22.7 Å². The van der Waals surface area contributed by atoms with E-state index in [1.165, 1.54) is 57.8 Å². The van der Waals surface area contributed by atoms with Crippen molar-refractivity contribution in [2.45, 2.75) is 96.4 Å². The molecule has 0 heterocycles. The summed E-state index contributed by atoms with van der Waals surface area (Å²) in [6.07, 6.45) is 14.0. The van der Waals surface area contributed by atoms with Crippen molar-refractivity contribution in [2.75, 3.05) is 6.61 Å². The first-order chi connectivity index (χ1) is 13.1. The van der Waals surface area contributed by atoms with E-state index in [0.29, 0.717) is 12.0 Å². The van der Waals surface area contributed by atoms with Crippen LogP contribution in [0.5, 0.6) is 5.75 Å². The van der Waals surface area contributed by atoms with Crippen molar-refractivity contribution < 1.29 is 9.53 Å². The molecule has 1 aliphatic rings. The summed E-state index contributed by atoms with van der Waals surface area (Å²) in [7, 11) is 0. The number of carbonyl (C=O) groups is 1. The van der Waals surface area contributed by atoms with E-state index in [1.54, 1.807) is 0 Å². The molecule has 0 aromatic heterocycles. The highest BCUT2D eigenvalue weighted by Crippen LogP contribution is 2.29. The average Bonchev–Trinajstić information content (AvgIpc) is 2.62. The SMILES string of the molecule is CC(C)c1cc(Br)ccc1OCC(=O)NC1CCCCCCCCCCC1. The number of halogens is 1. The Kier molecular flexibility index (Phi) is 10.3. The molecule has 0 atom stereocenters. The first-order valence-corrected chi connectivity index (χ1v) is 11.6. The molecule has 1 aromatic rings. The zero-order valence-electron chi connectivity index (χ0n) is 17.1. The van der Waals surface area contributed by atoms with Crippen molar-refractivity contribution in [3.8, 4) is 5.75 Å². The maximum absolute atomic E-state index is 12.5. The molecule has 1 fully saturated rings. The maximum Gasteiger partial charge on any atom is 0.258 e. The summed E-state index contributed by atoms with van der Waals surface area (Å²) >= 11 is 3.51. The van der Waals surface area contributed by atoms with Gasteiger partial charge in [0.1, 0.15) is 5.75 Å². The van der Waals surface area contributed by atoms with Gasteiger partial charge in [-0.1, -0.05) is 87.6 Å². The van der Waals surface area contributed by atoms with E-state index in [4.69, 9.17) is 4.74 Å². The second kappa shape index (κ2) is 12.4. The van der Waals surface area contributed by atoms with Gasteiger partial charge in [-0.3, -0.25) is 4.79 Å². The summed E-state index contributed by atoms with van der Waals surface area (Å²) < 4.78 is 6.90.